The standard InChI is InChI=1S/C21H23ClF4N4O/c22-18-19(15-3-4-15)30(27-20(18)21(24,25)26)8-7-17(31)29-11-9-28(10-12-29)13-14-1-5-16(23)6-2-14/h1-2,5-6,15H,3-4,7-13H2. The van der Waals surface area contributed by atoms with Crippen molar-refractivity contribution >= 4 is 17.5 Å². The summed E-state index contributed by atoms with van der Waals surface area (Å²) in [4.78, 5) is 16.5. The maximum atomic E-state index is 13.2. The predicted molar refractivity (Wildman–Crippen MR) is 107 cm³/mol. The van der Waals surface area contributed by atoms with Crippen LogP contribution >= 0.6 is 11.6 Å². The number of carbonyl (C=O) groups is 1. The number of aromatic nitrogens is 2. The van der Waals surface area contributed by atoms with Crippen molar-refractivity contribution < 1.29 is 22.4 Å². The zero-order valence-corrected chi connectivity index (χ0v) is 17.6. The van der Waals surface area contributed by atoms with Gasteiger partial charge in [-0.05, 0) is 30.5 Å². The SMILES string of the molecule is O=C(CCn1nc(C(F)(F)F)c(Cl)c1C1CC1)N1CCN(Cc2ccc(F)cc2)CC1. The highest BCUT2D eigenvalue weighted by atomic mass is 35.5. The summed E-state index contributed by atoms with van der Waals surface area (Å²) < 4.78 is 53.8. The number of alkyl halides is 3. The van der Waals surface area contributed by atoms with Crippen LogP contribution in [0.5, 0.6) is 0 Å². The van der Waals surface area contributed by atoms with Crippen molar-refractivity contribution in [3.05, 3.63) is 52.1 Å². The van der Waals surface area contributed by atoms with Crippen molar-refractivity contribution in [2.75, 3.05) is 26.2 Å². The fourth-order valence-corrected chi connectivity index (χ4v) is 4.31. The number of aryl methyl sites for hydroxylation is 1. The van der Waals surface area contributed by atoms with Crippen molar-refractivity contribution in [2.24, 2.45) is 0 Å². The van der Waals surface area contributed by atoms with Crippen molar-refractivity contribution in [1.82, 2.24) is 19.6 Å². The molecule has 0 bridgehead atoms. The molecular weight excluding hydrogens is 436 g/mol. The molecule has 1 aliphatic heterocycles. The van der Waals surface area contributed by atoms with E-state index in [1.807, 2.05) is 0 Å². The predicted octanol–water partition coefficient (Wildman–Crippen LogP) is 4.31. The second-order valence-electron chi connectivity index (χ2n) is 8.08. The highest BCUT2D eigenvalue weighted by molar-refractivity contribution is 6.32. The number of piperazine rings is 1. The average Bonchev–Trinajstić information content (AvgIpc) is 3.50. The summed E-state index contributed by atoms with van der Waals surface area (Å²) in [6.07, 6.45) is -2.97. The normalized spacial score (nSPS) is 17.9. The third-order valence-corrected chi connectivity index (χ3v) is 6.12. The van der Waals surface area contributed by atoms with E-state index in [0.717, 1.165) is 18.4 Å². The van der Waals surface area contributed by atoms with Gasteiger partial charge < -0.3 is 4.90 Å². The van der Waals surface area contributed by atoms with E-state index in [9.17, 15) is 22.4 Å². The molecule has 0 spiro atoms. The highest BCUT2D eigenvalue weighted by Gasteiger charge is 2.42. The Morgan fingerprint density at radius 1 is 1.10 bits per heavy atom. The van der Waals surface area contributed by atoms with Crippen molar-refractivity contribution in [3.8, 4) is 0 Å². The van der Waals surface area contributed by atoms with Gasteiger partial charge in [-0.2, -0.15) is 18.3 Å². The smallest absolute Gasteiger partial charge is 0.340 e. The number of hydrogen-bond acceptors (Lipinski definition) is 3. The quantitative estimate of drug-likeness (QED) is 0.606. The van der Waals surface area contributed by atoms with Crippen LogP contribution in [0.4, 0.5) is 17.6 Å². The number of nitrogens with zero attached hydrogens (tertiary/aromatic N) is 4. The number of carbonyl (C=O) groups excluding carboxylic acids is 1. The lowest BCUT2D eigenvalue weighted by atomic mass is 10.2. The average molecular weight is 459 g/mol. The van der Waals surface area contributed by atoms with Crippen LogP contribution in [-0.4, -0.2) is 51.7 Å². The zero-order chi connectivity index (χ0) is 22.2. The molecule has 10 heteroatoms. The summed E-state index contributed by atoms with van der Waals surface area (Å²) in [5.74, 6) is -0.394. The molecule has 1 aliphatic carbocycles. The van der Waals surface area contributed by atoms with Gasteiger partial charge in [0.25, 0.3) is 0 Å². The largest absolute Gasteiger partial charge is 0.436 e. The van der Waals surface area contributed by atoms with Crippen LogP contribution in [0.2, 0.25) is 5.02 Å². The number of hydrogen-bond donors (Lipinski definition) is 0. The molecule has 2 fully saturated rings. The van der Waals surface area contributed by atoms with E-state index in [0.29, 0.717) is 38.4 Å². The second kappa shape index (κ2) is 8.78. The van der Waals surface area contributed by atoms with E-state index >= 15 is 0 Å². The summed E-state index contributed by atoms with van der Waals surface area (Å²) in [6.45, 7) is 3.21. The van der Waals surface area contributed by atoms with Gasteiger partial charge in [0.1, 0.15) is 5.82 Å². The second-order valence-corrected chi connectivity index (χ2v) is 8.45. The van der Waals surface area contributed by atoms with Gasteiger partial charge in [-0.25, -0.2) is 4.39 Å². The van der Waals surface area contributed by atoms with Gasteiger partial charge in [0.2, 0.25) is 5.91 Å². The zero-order valence-electron chi connectivity index (χ0n) is 16.8. The molecule has 31 heavy (non-hydrogen) atoms. The summed E-state index contributed by atoms with van der Waals surface area (Å²) in [5, 5.41) is 3.34. The van der Waals surface area contributed by atoms with Crippen molar-refractivity contribution in [3.63, 3.8) is 0 Å². The number of amides is 1. The van der Waals surface area contributed by atoms with Crippen molar-refractivity contribution in [2.45, 2.75) is 44.4 Å². The fraction of sp³-hybridized carbons (Fsp3) is 0.524. The molecule has 4 rings (SSSR count). The Kier molecular flexibility index (Phi) is 6.25. The summed E-state index contributed by atoms with van der Waals surface area (Å²) in [5.41, 5.74) is 0.327. The van der Waals surface area contributed by atoms with Gasteiger partial charge in [0, 0.05) is 45.1 Å². The fourth-order valence-electron chi connectivity index (χ4n) is 3.91. The van der Waals surface area contributed by atoms with Crippen LogP contribution < -0.4 is 0 Å². The molecule has 0 atom stereocenters. The van der Waals surface area contributed by atoms with E-state index in [1.165, 1.54) is 16.8 Å². The van der Waals surface area contributed by atoms with Gasteiger partial charge in [-0.1, -0.05) is 23.7 Å². The molecule has 1 aromatic carbocycles. The van der Waals surface area contributed by atoms with E-state index in [4.69, 9.17) is 11.6 Å². The van der Waals surface area contributed by atoms with E-state index in [2.05, 4.69) is 10.00 Å². The van der Waals surface area contributed by atoms with Crippen molar-refractivity contribution in [1.29, 1.82) is 0 Å². The third kappa shape index (κ3) is 5.20. The summed E-state index contributed by atoms with van der Waals surface area (Å²) >= 11 is 5.98. The van der Waals surface area contributed by atoms with E-state index in [-0.39, 0.29) is 35.6 Å². The number of halogens is 5. The Balaban J connectivity index is 1.31. The number of rotatable bonds is 6. The van der Waals surface area contributed by atoms with Gasteiger partial charge in [0.05, 0.1) is 17.3 Å². The molecule has 1 aromatic heterocycles. The van der Waals surface area contributed by atoms with E-state index in [1.54, 1.807) is 17.0 Å². The minimum atomic E-state index is -4.61. The van der Waals surface area contributed by atoms with Gasteiger partial charge in [-0.15, -0.1) is 0 Å². The Morgan fingerprint density at radius 3 is 2.32 bits per heavy atom. The van der Waals surface area contributed by atoms with Crippen LogP contribution in [0.3, 0.4) is 0 Å². The minimum Gasteiger partial charge on any atom is -0.340 e. The third-order valence-electron chi connectivity index (χ3n) is 5.75. The molecule has 0 unspecified atom stereocenters. The maximum Gasteiger partial charge on any atom is 0.436 e. The van der Waals surface area contributed by atoms with Gasteiger partial charge in [-0.3, -0.25) is 14.4 Å². The Bertz CT molecular complexity index is 932. The first-order valence-corrected chi connectivity index (χ1v) is 10.7. The van der Waals surface area contributed by atoms with Crippen LogP contribution in [0.25, 0.3) is 0 Å². The molecule has 5 nitrogen and oxygen atoms in total. The van der Waals surface area contributed by atoms with Crippen LogP contribution in [0.1, 0.15) is 42.1 Å². The Hall–Kier alpha value is -2.13. The number of benzene rings is 1. The summed E-state index contributed by atoms with van der Waals surface area (Å²) in [7, 11) is 0. The molecule has 2 aromatic rings. The van der Waals surface area contributed by atoms with E-state index < -0.39 is 11.9 Å². The first-order valence-electron chi connectivity index (χ1n) is 10.3. The lowest BCUT2D eigenvalue weighted by Crippen LogP contribution is -2.48. The first-order chi connectivity index (χ1) is 14.7. The molecule has 1 saturated heterocycles. The molecule has 168 valence electrons. The molecule has 0 radical (unpaired) electrons. The molecule has 2 aliphatic rings. The molecule has 1 saturated carbocycles. The lowest BCUT2D eigenvalue weighted by molar-refractivity contribution is -0.141. The molecule has 1 amide bonds. The van der Waals surface area contributed by atoms with Gasteiger partial charge in [0.15, 0.2) is 5.69 Å². The monoisotopic (exact) mass is 458 g/mol. The van der Waals surface area contributed by atoms with Crippen LogP contribution in [-0.2, 0) is 24.1 Å². The lowest BCUT2D eigenvalue weighted by Gasteiger charge is -2.34. The Labute approximate surface area is 182 Å². The summed E-state index contributed by atoms with van der Waals surface area (Å²) in [6, 6.07) is 6.34. The van der Waals surface area contributed by atoms with Gasteiger partial charge >= 0.3 is 6.18 Å². The molecule has 0 N–H and O–H groups in total. The topological polar surface area (TPSA) is 41.4 Å². The molecule has 2 heterocycles. The highest BCUT2D eigenvalue weighted by Crippen LogP contribution is 2.46. The Morgan fingerprint density at radius 2 is 1.74 bits per heavy atom. The van der Waals surface area contributed by atoms with Crippen LogP contribution in [0, 0.1) is 5.82 Å². The first kappa shape index (κ1) is 22.1. The minimum absolute atomic E-state index is 0.0128. The maximum absolute atomic E-state index is 13.2. The molecular formula is C21H23ClF4N4O. The van der Waals surface area contributed by atoms with Crippen LogP contribution in [0.15, 0.2) is 24.3 Å².